The van der Waals surface area contributed by atoms with E-state index in [4.69, 9.17) is 4.74 Å². The largest absolute Gasteiger partial charge is 0.489 e. The highest BCUT2D eigenvalue weighted by Gasteiger charge is 2.26. The van der Waals surface area contributed by atoms with Crippen LogP contribution in [0.5, 0.6) is 5.75 Å². The second-order valence-corrected chi connectivity index (χ2v) is 7.47. The highest BCUT2D eigenvalue weighted by molar-refractivity contribution is 5.64. The van der Waals surface area contributed by atoms with E-state index in [0.29, 0.717) is 35.7 Å². The summed E-state index contributed by atoms with van der Waals surface area (Å²) in [6, 6.07) is 7.16. The van der Waals surface area contributed by atoms with E-state index in [-0.39, 0.29) is 5.82 Å². The maximum Gasteiger partial charge on any atom is 0.163 e. The average molecular weight is 381 g/mol. The minimum atomic E-state index is -0.326. The third kappa shape index (κ3) is 3.89. The van der Waals surface area contributed by atoms with Gasteiger partial charge in [-0.25, -0.2) is 19.0 Å². The van der Waals surface area contributed by atoms with Gasteiger partial charge in [-0.1, -0.05) is 12.1 Å². The molecule has 0 spiro atoms. The number of nitrogens with zero attached hydrogens (tertiary/aromatic N) is 5. The van der Waals surface area contributed by atoms with E-state index >= 15 is 0 Å². The van der Waals surface area contributed by atoms with Crippen LogP contribution in [0.25, 0.3) is 16.9 Å². The molecular formula is C21H24FN5O. The predicted octanol–water partition coefficient (Wildman–Crippen LogP) is 3.58. The lowest BCUT2D eigenvalue weighted by Gasteiger charge is -2.19. The first kappa shape index (κ1) is 18.6. The van der Waals surface area contributed by atoms with Crippen LogP contribution < -0.4 is 4.74 Å². The van der Waals surface area contributed by atoms with Crippen LogP contribution in [0, 0.1) is 11.7 Å². The zero-order chi connectivity index (χ0) is 19.5. The molecule has 6 nitrogen and oxygen atoms in total. The van der Waals surface area contributed by atoms with Gasteiger partial charge in [0.1, 0.15) is 23.5 Å². The monoisotopic (exact) mass is 381 g/mol. The van der Waals surface area contributed by atoms with Gasteiger partial charge >= 0.3 is 0 Å². The molecule has 28 heavy (non-hydrogen) atoms. The van der Waals surface area contributed by atoms with Crippen LogP contribution in [-0.4, -0.2) is 51.4 Å². The van der Waals surface area contributed by atoms with Crippen molar-refractivity contribution in [3.63, 3.8) is 0 Å². The molecule has 1 aliphatic carbocycles. The van der Waals surface area contributed by atoms with Gasteiger partial charge in [0, 0.05) is 17.8 Å². The topological polar surface area (TPSA) is 56.1 Å². The summed E-state index contributed by atoms with van der Waals surface area (Å²) >= 11 is 0. The molecule has 1 aliphatic rings. The number of hydrogen-bond acceptors (Lipinski definition) is 5. The van der Waals surface area contributed by atoms with Crippen molar-refractivity contribution in [2.24, 2.45) is 5.92 Å². The fourth-order valence-electron chi connectivity index (χ4n) is 3.73. The van der Waals surface area contributed by atoms with Gasteiger partial charge in [0.05, 0.1) is 19.0 Å². The molecule has 0 bridgehead atoms. The number of hydrogen-bond donors (Lipinski definition) is 0. The van der Waals surface area contributed by atoms with E-state index in [2.05, 4.69) is 34.1 Å². The van der Waals surface area contributed by atoms with Crippen molar-refractivity contribution in [1.29, 1.82) is 0 Å². The lowest BCUT2D eigenvalue weighted by atomic mass is 10.1. The number of benzene rings is 1. The fourth-order valence-corrected chi connectivity index (χ4v) is 3.73. The normalized spacial score (nSPS) is 19.3. The molecule has 1 saturated carbocycles. The number of halogens is 1. The second kappa shape index (κ2) is 8.06. The van der Waals surface area contributed by atoms with Crippen molar-refractivity contribution >= 4 is 0 Å². The summed E-state index contributed by atoms with van der Waals surface area (Å²) in [7, 11) is 4.26. The molecule has 2 aromatic heterocycles. The van der Waals surface area contributed by atoms with Gasteiger partial charge in [0.25, 0.3) is 0 Å². The van der Waals surface area contributed by atoms with Crippen LogP contribution in [0.1, 0.15) is 19.3 Å². The van der Waals surface area contributed by atoms with Gasteiger partial charge in [0.2, 0.25) is 0 Å². The van der Waals surface area contributed by atoms with Gasteiger partial charge in [0.15, 0.2) is 5.75 Å². The molecule has 2 heterocycles. The molecule has 1 fully saturated rings. The Morgan fingerprint density at radius 1 is 1.21 bits per heavy atom. The molecular weight excluding hydrogens is 357 g/mol. The highest BCUT2D eigenvalue weighted by Crippen LogP contribution is 2.31. The number of aromatic nitrogens is 4. The van der Waals surface area contributed by atoms with Crippen LogP contribution >= 0.6 is 0 Å². The molecule has 2 atom stereocenters. The van der Waals surface area contributed by atoms with Crippen molar-refractivity contribution in [3.05, 3.63) is 55.0 Å². The zero-order valence-corrected chi connectivity index (χ0v) is 16.1. The summed E-state index contributed by atoms with van der Waals surface area (Å²) in [4.78, 5) is 10.8. The Morgan fingerprint density at radius 3 is 2.86 bits per heavy atom. The lowest BCUT2D eigenvalue weighted by molar-refractivity contribution is 0.234. The van der Waals surface area contributed by atoms with Gasteiger partial charge < -0.3 is 9.64 Å². The smallest absolute Gasteiger partial charge is 0.163 e. The minimum Gasteiger partial charge on any atom is -0.489 e. The van der Waals surface area contributed by atoms with Crippen molar-refractivity contribution in [2.45, 2.75) is 25.3 Å². The van der Waals surface area contributed by atoms with Crippen molar-refractivity contribution in [3.8, 4) is 22.7 Å². The Labute approximate surface area is 164 Å². The molecule has 1 aromatic carbocycles. The van der Waals surface area contributed by atoms with Crippen LogP contribution in [-0.2, 0) is 0 Å². The SMILES string of the molecule is CN(C)[C@@H]1CC[C@H](COc2cncnc2-c2cnn(-c3ccccc3F)c2)C1. The molecule has 4 rings (SSSR count). The van der Waals surface area contributed by atoms with Crippen molar-refractivity contribution in [1.82, 2.24) is 24.6 Å². The first-order chi connectivity index (χ1) is 13.6. The second-order valence-electron chi connectivity index (χ2n) is 7.47. The fraction of sp³-hybridized carbons (Fsp3) is 0.381. The molecule has 7 heteroatoms. The van der Waals surface area contributed by atoms with Gasteiger partial charge in [-0.3, -0.25) is 0 Å². The average Bonchev–Trinajstić information content (AvgIpc) is 3.37. The van der Waals surface area contributed by atoms with Crippen molar-refractivity contribution < 1.29 is 9.13 Å². The van der Waals surface area contributed by atoms with Crippen molar-refractivity contribution in [2.75, 3.05) is 20.7 Å². The predicted molar refractivity (Wildman–Crippen MR) is 105 cm³/mol. The maximum atomic E-state index is 14.0. The summed E-state index contributed by atoms with van der Waals surface area (Å²) < 4.78 is 21.6. The Hall–Kier alpha value is -2.80. The van der Waals surface area contributed by atoms with Crippen LogP contribution in [0.2, 0.25) is 0 Å². The molecule has 0 N–H and O–H groups in total. The maximum absolute atomic E-state index is 14.0. The van der Waals surface area contributed by atoms with E-state index in [9.17, 15) is 4.39 Å². The summed E-state index contributed by atoms with van der Waals surface area (Å²) in [6.45, 7) is 0.645. The summed E-state index contributed by atoms with van der Waals surface area (Å²) in [5, 5.41) is 4.29. The van der Waals surface area contributed by atoms with E-state index in [1.54, 1.807) is 36.8 Å². The number of para-hydroxylation sites is 1. The molecule has 0 unspecified atom stereocenters. The number of ether oxygens (including phenoxy) is 1. The molecule has 0 amide bonds. The standard InChI is InChI=1S/C21H24FN5O/c1-26(2)17-8-7-15(9-17)13-28-20-11-23-14-24-21(20)16-10-25-27(12-16)19-6-4-3-5-18(19)22/h3-6,10-12,14-15,17H,7-9,13H2,1-2H3/t15-,17+/m0/s1. The summed E-state index contributed by atoms with van der Waals surface area (Å²) in [6.07, 6.45) is 10.1. The first-order valence-corrected chi connectivity index (χ1v) is 9.51. The Bertz CT molecular complexity index is 942. The van der Waals surface area contributed by atoms with Gasteiger partial charge in [-0.05, 0) is 51.4 Å². The zero-order valence-electron chi connectivity index (χ0n) is 16.1. The minimum absolute atomic E-state index is 0.326. The molecule has 146 valence electrons. The molecule has 3 aromatic rings. The third-order valence-corrected chi connectivity index (χ3v) is 5.35. The van der Waals surface area contributed by atoms with Gasteiger partial charge in [-0.15, -0.1) is 0 Å². The first-order valence-electron chi connectivity index (χ1n) is 9.51. The Balaban J connectivity index is 1.50. The van der Waals surface area contributed by atoms with Crippen LogP contribution in [0.15, 0.2) is 49.2 Å². The van der Waals surface area contributed by atoms with E-state index in [1.807, 2.05) is 0 Å². The quantitative estimate of drug-likeness (QED) is 0.653. The van der Waals surface area contributed by atoms with Crippen LogP contribution in [0.3, 0.4) is 0 Å². The highest BCUT2D eigenvalue weighted by atomic mass is 19.1. The van der Waals surface area contributed by atoms with Crippen LogP contribution in [0.4, 0.5) is 4.39 Å². The summed E-state index contributed by atoms with van der Waals surface area (Å²) in [5.41, 5.74) is 1.82. The van der Waals surface area contributed by atoms with E-state index in [1.165, 1.54) is 23.5 Å². The Morgan fingerprint density at radius 2 is 2.07 bits per heavy atom. The molecule has 0 saturated heterocycles. The number of rotatable bonds is 6. The summed E-state index contributed by atoms with van der Waals surface area (Å²) in [5.74, 6) is 0.832. The molecule has 0 radical (unpaired) electrons. The third-order valence-electron chi connectivity index (χ3n) is 5.35. The van der Waals surface area contributed by atoms with Gasteiger partial charge in [-0.2, -0.15) is 5.10 Å². The van der Waals surface area contributed by atoms with E-state index in [0.717, 1.165) is 18.4 Å². The van der Waals surface area contributed by atoms with E-state index < -0.39 is 0 Å². The lowest BCUT2D eigenvalue weighted by Crippen LogP contribution is -2.25. The Kier molecular flexibility index (Phi) is 5.34. The molecule has 0 aliphatic heterocycles.